The minimum atomic E-state index is -1.22. The first kappa shape index (κ1) is 16.6. The Kier molecular flexibility index (Phi) is 6.31. The zero-order valence-corrected chi connectivity index (χ0v) is 10.9. The number of aliphatic hydroxyl groups excluding tert-OH is 1. The maximum Gasteiger partial charge on any atom is 0.338 e. The lowest BCUT2D eigenvalue weighted by Crippen LogP contribution is -2.12. The van der Waals surface area contributed by atoms with Crippen molar-refractivity contribution in [3.8, 4) is 0 Å². The second-order valence-electron chi connectivity index (χ2n) is 3.92. The Labute approximate surface area is 119 Å². The van der Waals surface area contributed by atoms with Gasteiger partial charge in [-0.2, -0.15) is 0 Å². The number of ether oxygens (including phenoxy) is 2. The third kappa shape index (κ3) is 5.21. The number of carbonyl (C=O) groups excluding carboxylic acids is 1. The molecular formula is C13H14O8. The maximum absolute atomic E-state index is 11.6. The van der Waals surface area contributed by atoms with E-state index in [0.29, 0.717) is 0 Å². The van der Waals surface area contributed by atoms with Gasteiger partial charge in [-0.3, -0.25) is 0 Å². The molecule has 0 aliphatic heterocycles. The van der Waals surface area contributed by atoms with Crippen LogP contribution in [0.2, 0.25) is 0 Å². The second-order valence-corrected chi connectivity index (χ2v) is 3.92. The van der Waals surface area contributed by atoms with E-state index in [1.165, 1.54) is 18.2 Å². The van der Waals surface area contributed by atoms with Crippen LogP contribution in [0.4, 0.5) is 0 Å². The maximum atomic E-state index is 11.6. The second kappa shape index (κ2) is 7.98. The van der Waals surface area contributed by atoms with Crippen molar-refractivity contribution < 1.29 is 39.2 Å². The molecule has 0 unspecified atom stereocenters. The van der Waals surface area contributed by atoms with E-state index < -0.39 is 24.5 Å². The van der Waals surface area contributed by atoms with Gasteiger partial charge in [0.25, 0.3) is 0 Å². The van der Waals surface area contributed by atoms with E-state index in [4.69, 9.17) is 24.8 Å². The highest BCUT2D eigenvalue weighted by Gasteiger charge is 2.15. The van der Waals surface area contributed by atoms with Crippen LogP contribution in [0, 0.1) is 0 Å². The van der Waals surface area contributed by atoms with Gasteiger partial charge in [0, 0.05) is 0 Å². The SMILES string of the molecule is O=C(O)COCc1cc(C(=O)OCCO)ccc1C(=O)O. The number of esters is 1. The van der Waals surface area contributed by atoms with Crippen molar-refractivity contribution in [3.63, 3.8) is 0 Å². The normalized spacial score (nSPS) is 10.1. The molecule has 114 valence electrons. The van der Waals surface area contributed by atoms with E-state index in [0.717, 1.165) is 0 Å². The molecule has 1 rings (SSSR count). The van der Waals surface area contributed by atoms with Crippen molar-refractivity contribution in [2.45, 2.75) is 6.61 Å². The standard InChI is InChI=1S/C13H14O8/c14-3-4-21-13(19)8-1-2-10(12(17)18)9(5-8)6-20-7-11(15)16/h1-2,5,14H,3-4,6-7H2,(H,15,16)(H,17,18). The van der Waals surface area contributed by atoms with Crippen molar-refractivity contribution in [2.75, 3.05) is 19.8 Å². The van der Waals surface area contributed by atoms with Crippen LogP contribution in [0.15, 0.2) is 18.2 Å². The molecule has 0 saturated carbocycles. The average Bonchev–Trinajstić information content (AvgIpc) is 2.44. The highest BCUT2D eigenvalue weighted by Crippen LogP contribution is 2.15. The number of carbonyl (C=O) groups is 3. The number of hydrogen-bond acceptors (Lipinski definition) is 6. The van der Waals surface area contributed by atoms with Gasteiger partial charge in [0.15, 0.2) is 0 Å². The molecule has 3 N–H and O–H groups in total. The topological polar surface area (TPSA) is 130 Å². The van der Waals surface area contributed by atoms with E-state index in [1.807, 2.05) is 0 Å². The molecule has 8 nitrogen and oxygen atoms in total. The van der Waals surface area contributed by atoms with Crippen LogP contribution in [-0.2, 0) is 20.9 Å². The van der Waals surface area contributed by atoms with Crippen molar-refractivity contribution in [1.29, 1.82) is 0 Å². The fourth-order valence-electron chi connectivity index (χ4n) is 1.52. The molecule has 0 bridgehead atoms. The van der Waals surface area contributed by atoms with Gasteiger partial charge < -0.3 is 24.8 Å². The molecule has 0 aliphatic carbocycles. The van der Waals surface area contributed by atoms with Gasteiger partial charge in [-0.05, 0) is 23.8 Å². The third-order valence-corrected chi connectivity index (χ3v) is 2.38. The van der Waals surface area contributed by atoms with Gasteiger partial charge in [0.05, 0.1) is 24.3 Å². The van der Waals surface area contributed by atoms with Crippen LogP contribution in [0.5, 0.6) is 0 Å². The smallest absolute Gasteiger partial charge is 0.338 e. The summed E-state index contributed by atoms with van der Waals surface area (Å²) in [5.41, 5.74) is 0.142. The predicted molar refractivity (Wildman–Crippen MR) is 68.1 cm³/mol. The Balaban J connectivity index is 2.92. The summed E-state index contributed by atoms with van der Waals surface area (Å²) < 4.78 is 9.54. The molecule has 0 atom stereocenters. The molecule has 1 aromatic rings. The Morgan fingerprint density at radius 2 is 1.86 bits per heavy atom. The minimum Gasteiger partial charge on any atom is -0.480 e. The lowest BCUT2D eigenvalue weighted by molar-refractivity contribution is -0.142. The van der Waals surface area contributed by atoms with Crippen LogP contribution in [0.3, 0.4) is 0 Å². The molecule has 0 spiro atoms. The molecule has 8 heteroatoms. The zero-order chi connectivity index (χ0) is 15.8. The molecular weight excluding hydrogens is 284 g/mol. The number of carboxylic acids is 2. The van der Waals surface area contributed by atoms with Crippen molar-refractivity contribution in [3.05, 3.63) is 34.9 Å². The number of hydrogen-bond donors (Lipinski definition) is 3. The number of carboxylic acid groups (broad SMARTS) is 2. The molecule has 0 amide bonds. The number of rotatable bonds is 8. The van der Waals surface area contributed by atoms with Gasteiger partial charge in [0.2, 0.25) is 0 Å². The monoisotopic (exact) mass is 298 g/mol. The van der Waals surface area contributed by atoms with Gasteiger partial charge >= 0.3 is 17.9 Å². The fraction of sp³-hybridized carbons (Fsp3) is 0.308. The summed E-state index contributed by atoms with van der Waals surface area (Å²) in [6.45, 7) is -1.36. The Morgan fingerprint density at radius 3 is 2.43 bits per heavy atom. The first-order valence-electron chi connectivity index (χ1n) is 5.89. The third-order valence-electron chi connectivity index (χ3n) is 2.38. The van der Waals surface area contributed by atoms with E-state index in [-0.39, 0.29) is 36.5 Å². The first-order chi connectivity index (χ1) is 9.95. The molecule has 21 heavy (non-hydrogen) atoms. The van der Waals surface area contributed by atoms with Crippen LogP contribution < -0.4 is 0 Å². The predicted octanol–water partition coefficient (Wildman–Crippen LogP) is 0.135. The average molecular weight is 298 g/mol. The number of aromatic carboxylic acids is 1. The molecule has 0 radical (unpaired) electrons. The number of benzene rings is 1. The molecule has 0 saturated heterocycles. The molecule has 0 aliphatic rings. The van der Waals surface area contributed by atoms with Crippen molar-refractivity contribution in [2.24, 2.45) is 0 Å². The van der Waals surface area contributed by atoms with Gasteiger partial charge in [-0.15, -0.1) is 0 Å². The summed E-state index contributed by atoms with van der Waals surface area (Å²) in [5, 5.41) is 26.1. The lowest BCUT2D eigenvalue weighted by atomic mass is 10.0. The van der Waals surface area contributed by atoms with E-state index >= 15 is 0 Å². The van der Waals surface area contributed by atoms with Crippen LogP contribution in [0.1, 0.15) is 26.3 Å². The first-order valence-corrected chi connectivity index (χ1v) is 5.89. The summed E-state index contributed by atoms with van der Waals surface area (Å²) in [4.78, 5) is 33.0. The van der Waals surface area contributed by atoms with E-state index in [9.17, 15) is 14.4 Å². The van der Waals surface area contributed by atoms with Crippen LogP contribution in [-0.4, -0.2) is 53.0 Å². The summed E-state index contributed by atoms with van der Waals surface area (Å²) in [5.74, 6) is -3.13. The minimum absolute atomic E-state index is 0.0855. The van der Waals surface area contributed by atoms with Crippen molar-refractivity contribution in [1.82, 2.24) is 0 Å². The summed E-state index contributed by atoms with van der Waals surface area (Å²) in [7, 11) is 0. The van der Waals surface area contributed by atoms with Gasteiger partial charge in [-0.25, -0.2) is 14.4 Å². The van der Waals surface area contributed by atoms with E-state index in [2.05, 4.69) is 0 Å². The number of aliphatic hydroxyl groups is 1. The number of aliphatic carboxylic acids is 1. The molecule has 1 aromatic carbocycles. The lowest BCUT2D eigenvalue weighted by Gasteiger charge is -2.09. The van der Waals surface area contributed by atoms with Crippen LogP contribution >= 0.6 is 0 Å². The largest absolute Gasteiger partial charge is 0.480 e. The zero-order valence-electron chi connectivity index (χ0n) is 10.9. The Bertz CT molecular complexity index is 537. The Hall–Kier alpha value is -2.45. The summed E-state index contributed by atoms with van der Waals surface area (Å²) in [6.07, 6.45) is 0. The van der Waals surface area contributed by atoms with Gasteiger partial charge in [-0.1, -0.05) is 0 Å². The van der Waals surface area contributed by atoms with Gasteiger partial charge in [0.1, 0.15) is 13.2 Å². The van der Waals surface area contributed by atoms with Crippen molar-refractivity contribution >= 4 is 17.9 Å². The fourth-order valence-corrected chi connectivity index (χ4v) is 1.52. The molecule has 0 fully saturated rings. The molecule has 0 heterocycles. The highest BCUT2D eigenvalue weighted by molar-refractivity contribution is 5.94. The van der Waals surface area contributed by atoms with E-state index in [1.54, 1.807) is 0 Å². The quantitative estimate of drug-likeness (QED) is 0.577. The Morgan fingerprint density at radius 1 is 1.14 bits per heavy atom. The summed E-state index contributed by atoms with van der Waals surface area (Å²) >= 11 is 0. The van der Waals surface area contributed by atoms with Crippen LogP contribution in [0.25, 0.3) is 0 Å². The highest BCUT2D eigenvalue weighted by atomic mass is 16.5. The molecule has 0 aromatic heterocycles. The summed E-state index contributed by atoms with van der Waals surface area (Å²) in [6, 6.07) is 3.73.